The number of amides is 1. The molecule has 0 saturated carbocycles. The molecule has 0 atom stereocenters. The van der Waals surface area contributed by atoms with E-state index in [1.165, 1.54) is 11.8 Å². The van der Waals surface area contributed by atoms with Gasteiger partial charge in [0.05, 0.1) is 19.0 Å². The van der Waals surface area contributed by atoms with Crippen LogP contribution in [0.15, 0.2) is 47.4 Å². The molecule has 3 rings (SSSR count). The van der Waals surface area contributed by atoms with E-state index in [9.17, 15) is 4.79 Å². The molecule has 0 radical (unpaired) electrons. The van der Waals surface area contributed by atoms with Gasteiger partial charge in [-0.3, -0.25) is 4.79 Å². The van der Waals surface area contributed by atoms with Crippen LogP contribution in [0.1, 0.15) is 12.0 Å². The summed E-state index contributed by atoms with van der Waals surface area (Å²) >= 11 is 1.49. The lowest BCUT2D eigenvalue weighted by Crippen LogP contribution is -2.14. The lowest BCUT2D eigenvalue weighted by Gasteiger charge is -2.10. The molecule has 1 aliphatic rings. The fourth-order valence-corrected chi connectivity index (χ4v) is 3.01. The van der Waals surface area contributed by atoms with Crippen molar-refractivity contribution in [1.82, 2.24) is 0 Å². The van der Waals surface area contributed by atoms with Crippen molar-refractivity contribution in [1.29, 1.82) is 0 Å². The summed E-state index contributed by atoms with van der Waals surface area (Å²) in [5.74, 6) is 1.87. The minimum atomic E-state index is -0.0172. The Morgan fingerprint density at radius 1 is 1.13 bits per heavy atom. The Balaban J connectivity index is 1.59. The van der Waals surface area contributed by atoms with Gasteiger partial charge in [0.2, 0.25) is 5.91 Å². The molecule has 120 valence electrons. The number of rotatable bonds is 4. The first kappa shape index (κ1) is 15.7. The van der Waals surface area contributed by atoms with E-state index >= 15 is 0 Å². The Bertz CT molecular complexity index is 702. The minimum Gasteiger partial charge on any atom is -0.490 e. The van der Waals surface area contributed by atoms with Crippen molar-refractivity contribution in [2.45, 2.75) is 18.2 Å². The van der Waals surface area contributed by atoms with Crippen LogP contribution in [0.5, 0.6) is 11.5 Å². The number of ether oxygens (including phenoxy) is 2. The van der Waals surface area contributed by atoms with E-state index in [0.717, 1.165) is 34.1 Å². The second-order valence-corrected chi connectivity index (χ2v) is 6.36. The van der Waals surface area contributed by atoms with E-state index in [0.29, 0.717) is 19.0 Å². The number of para-hydroxylation sites is 1. The van der Waals surface area contributed by atoms with Crippen LogP contribution in [0.3, 0.4) is 0 Å². The predicted octanol–water partition coefficient (Wildman–Crippen LogP) is 3.89. The largest absolute Gasteiger partial charge is 0.490 e. The van der Waals surface area contributed by atoms with Crippen molar-refractivity contribution in [2.24, 2.45) is 0 Å². The van der Waals surface area contributed by atoms with Gasteiger partial charge in [-0.1, -0.05) is 18.2 Å². The fourth-order valence-electron chi connectivity index (χ4n) is 2.28. The zero-order valence-electron chi connectivity index (χ0n) is 13.0. The van der Waals surface area contributed by atoms with Gasteiger partial charge in [-0.05, 0) is 36.8 Å². The molecule has 4 nitrogen and oxygen atoms in total. The van der Waals surface area contributed by atoms with Crippen molar-refractivity contribution < 1.29 is 14.3 Å². The summed E-state index contributed by atoms with van der Waals surface area (Å²) < 4.78 is 11.3. The summed E-state index contributed by atoms with van der Waals surface area (Å²) in [6.45, 7) is 3.32. The zero-order chi connectivity index (χ0) is 16.1. The molecule has 0 aromatic heterocycles. The Morgan fingerprint density at radius 3 is 2.74 bits per heavy atom. The van der Waals surface area contributed by atoms with Gasteiger partial charge in [-0.25, -0.2) is 0 Å². The maximum atomic E-state index is 12.1. The smallest absolute Gasteiger partial charge is 0.234 e. The summed E-state index contributed by atoms with van der Waals surface area (Å²) in [6, 6.07) is 13.6. The molecule has 0 fully saturated rings. The Hall–Kier alpha value is -2.14. The van der Waals surface area contributed by atoms with E-state index in [4.69, 9.17) is 9.47 Å². The summed E-state index contributed by atoms with van der Waals surface area (Å²) in [4.78, 5) is 13.1. The zero-order valence-corrected chi connectivity index (χ0v) is 13.8. The van der Waals surface area contributed by atoms with Gasteiger partial charge in [0.15, 0.2) is 11.5 Å². The molecular weight excluding hydrogens is 310 g/mol. The fraction of sp³-hybridized carbons (Fsp3) is 0.278. The van der Waals surface area contributed by atoms with Crippen LogP contribution in [-0.2, 0) is 4.79 Å². The average Bonchev–Trinajstić information content (AvgIpc) is 2.80. The van der Waals surface area contributed by atoms with Gasteiger partial charge in [-0.2, -0.15) is 0 Å². The third kappa shape index (κ3) is 4.20. The van der Waals surface area contributed by atoms with Gasteiger partial charge >= 0.3 is 0 Å². The van der Waals surface area contributed by atoms with Crippen molar-refractivity contribution in [3.8, 4) is 11.5 Å². The van der Waals surface area contributed by atoms with Crippen LogP contribution in [0, 0.1) is 6.92 Å². The highest BCUT2D eigenvalue weighted by Crippen LogP contribution is 2.33. The molecule has 0 saturated heterocycles. The second-order valence-electron chi connectivity index (χ2n) is 5.31. The maximum Gasteiger partial charge on any atom is 0.234 e. The molecule has 2 aromatic carbocycles. The standard InChI is InChI=1S/C18H19NO3S/c1-13-5-2-3-6-15(13)19-18(20)12-23-14-7-8-16-17(11-14)22-10-4-9-21-16/h2-3,5-8,11H,4,9-10,12H2,1H3,(H,19,20). The van der Waals surface area contributed by atoms with Crippen LogP contribution in [0.2, 0.25) is 0 Å². The first-order valence-corrected chi connectivity index (χ1v) is 8.59. The Morgan fingerprint density at radius 2 is 1.91 bits per heavy atom. The number of fused-ring (bicyclic) bond motifs is 1. The van der Waals surface area contributed by atoms with Gasteiger partial charge in [0.25, 0.3) is 0 Å². The average molecular weight is 329 g/mol. The lowest BCUT2D eigenvalue weighted by atomic mass is 10.2. The molecule has 2 aromatic rings. The van der Waals surface area contributed by atoms with Gasteiger partial charge in [-0.15, -0.1) is 11.8 Å². The minimum absolute atomic E-state index is 0.0172. The van der Waals surface area contributed by atoms with Crippen molar-refractivity contribution in [3.63, 3.8) is 0 Å². The third-order valence-corrected chi connectivity index (χ3v) is 4.50. The Labute approximate surface area is 140 Å². The van der Waals surface area contributed by atoms with E-state index in [1.54, 1.807) is 0 Å². The van der Waals surface area contributed by atoms with E-state index in [1.807, 2.05) is 49.4 Å². The number of hydrogen-bond donors (Lipinski definition) is 1. The topological polar surface area (TPSA) is 47.6 Å². The summed E-state index contributed by atoms with van der Waals surface area (Å²) in [5.41, 5.74) is 1.91. The molecule has 1 N–H and O–H groups in total. The van der Waals surface area contributed by atoms with Crippen LogP contribution >= 0.6 is 11.8 Å². The number of aryl methyl sites for hydroxylation is 1. The summed E-state index contributed by atoms with van der Waals surface area (Å²) in [6.07, 6.45) is 0.885. The molecule has 0 spiro atoms. The summed E-state index contributed by atoms with van der Waals surface area (Å²) in [5, 5.41) is 2.94. The van der Waals surface area contributed by atoms with Crippen molar-refractivity contribution in [2.75, 3.05) is 24.3 Å². The van der Waals surface area contributed by atoms with Gasteiger partial charge in [0.1, 0.15) is 0 Å². The van der Waals surface area contributed by atoms with Crippen molar-refractivity contribution >= 4 is 23.4 Å². The van der Waals surface area contributed by atoms with Crippen LogP contribution < -0.4 is 14.8 Å². The third-order valence-electron chi connectivity index (χ3n) is 3.51. The molecular formula is C18H19NO3S. The number of nitrogens with one attached hydrogen (secondary N) is 1. The molecule has 0 bridgehead atoms. The normalized spacial score (nSPS) is 13.3. The van der Waals surface area contributed by atoms with Crippen LogP contribution in [0.25, 0.3) is 0 Å². The highest BCUT2D eigenvalue weighted by atomic mass is 32.2. The molecule has 1 heterocycles. The van der Waals surface area contributed by atoms with Crippen LogP contribution in [-0.4, -0.2) is 24.9 Å². The number of carbonyl (C=O) groups is 1. The van der Waals surface area contributed by atoms with Gasteiger partial charge < -0.3 is 14.8 Å². The number of anilines is 1. The quantitative estimate of drug-likeness (QED) is 0.865. The SMILES string of the molecule is Cc1ccccc1NC(=O)CSc1ccc2c(c1)OCCCO2. The molecule has 0 unspecified atom stereocenters. The molecule has 0 aliphatic carbocycles. The lowest BCUT2D eigenvalue weighted by molar-refractivity contribution is -0.113. The molecule has 23 heavy (non-hydrogen) atoms. The number of benzene rings is 2. The van der Waals surface area contributed by atoms with Crippen LogP contribution in [0.4, 0.5) is 5.69 Å². The molecule has 5 heteroatoms. The number of hydrogen-bond acceptors (Lipinski definition) is 4. The van der Waals surface area contributed by atoms with E-state index in [-0.39, 0.29) is 5.91 Å². The second kappa shape index (κ2) is 7.42. The predicted molar refractivity (Wildman–Crippen MR) is 92.6 cm³/mol. The van der Waals surface area contributed by atoms with E-state index < -0.39 is 0 Å². The van der Waals surface area contributed by atoms with Crippen molar-refractivity contribution in [3.05, 3.63) is 48.0 Å². The van der Waals surface area contributed by atoms with E-state index in [2.05, 4.69) is 5.32 Å². The highest BCUT2D eigenvalue weighted by molar-refractivity contribution is 8.00. The monoisotopic (exact) mass is 329 g/mol. The first-order chi connectivity index (χ1) is 11.2. The molecule has 1 amide bonds. The number of thioether (sulfide) groups is 1. The summed E-state index contributed by atoms with van der Waals surface area (Å²) in [7, 11) is 0. The number of carbonyl (C=O) groups excluding carboxylic acids is 1. The first-order valence-electron chi connectivity index (χ1n) is 7.60. The maximum absolute atomic E-state index is 12.1. The highest BCUT2D eigenvalue weighted by Gasteiger charge is 2.12. The molecule has 1 aliphatic heterocycles. The van der Waals surface area contributed by atoms with Gasteiger partial charge in [0, 0.05) is 17.0 Å². The Kier molecular flexibility index (Phi) is 5.08.